The highest BCUT2D eigenvalue weighted by atomic mass is 19.4. The van der Waals surface area contributed by atoms with Gasteiger partial charge in [-0.15, -0.1) is 0 Å². The van der Waals surface area contributed by atoms with Crippen LogP contribution in [0.4, 0.5) is 23.9 Å². The summed E-state index contributed by atoms with van der Waals surface area (Å²) < 4.78 is 38.3. The molecule has 3 rings (SSSR count). The Kier molecular flexibility index (Phi) is 5.76. The maximum atomic E-state index is 12.7. The molecule has 0 bridgehead atoms. The summed E-state index contributed by atoms with van der Waals surface area (Å²) in [4.78, 5) is 32.4. The standard InChI is InChI=1S/C18H22F3N5O2/c1-13(27)24-9-11-25(12-10-24)16-23-14-5-2-3-6-15(14)26(16)17(28)22-8-4-7-18(19,20)21/h2-3,5-6H,4,7-12H2,1H3,(H,22,28). The quantitative estimate of drug-likeness (QED) is 0.806. The van der Waals surface area contributed by atoms with E-state index in [0.717, 1.165) is 0 Å². The number of alkyl halides is 3. The third kappa shape index (κ3) is 4.55. The molecule has 2 amide bonds. The topological polar surface area (TPSA) is 70.5 Å². The first-order valence-electron chi connectivity index (χ1n) is 9.09. The summed E-state index contributed by atoms with van der Waals surface area (Å²) in [5.41, 5.74) is 1.21. The van der Waals surface area contributed by atoms with Crippen LogP contribution in [-0.4, -0.2) is 65.3 Å². The molecule has 2 aromatic rings. The van der Waals surface area contributed by atoms with Crippen LogP contribution >= 0.6 is 0 Å². The largest absolute Gasteiger partial charge is 0.389 e. The van der Waals surface area contributed by atoms with E-state index in [0.29, 0.717) is 43.2 Å². The lowest BCUT2D eigenvalue weighted by atomic mass is 10.3. The second-order valence-electron chi connectivity index (χ2n) is 6.68. The van der Waals surface area contributed by atoms with Gasteiger partial charge < -0.3 is 15.1 Å². The number of piperazine rings is 1. The lowest BCUT2D eigenvalue weighted by Gasteiger charge is -2.34. The fraction of sp³-hybridized carbons (Fsp3) is 0.500. The number of nitrogens with zero attached hydrogens (tertiary/aromatic N) is 4. The molecule has 1 aromatic carbocycles. The molecular weight excluding hydrogens is 375 g/mol. The lowest BCUT2D eigenvalue weighted by molar-refractivity contribution is -0.135. The molecule has 7 nitrogen and oxygen atoms in total. The van der Waals surface area contributed by atoms with Crippen LogP contribution in [-0.2, 0) is 4.79 Å². The van der Waals surface area contributed by atoms with E-state index in [1.165, 1.54) is 11.5 Å². The number of hydrogen-bond acceptors (Lipinski definition) is 4. The van der Waals surface area contributed by atoms with Crippen molar-refractivity contribution in [3.63, 3.8) is 0 Å². The van der Waals surface area contributed by atoms with Gasteiger partial charge >= 0.3 is 12.2 Å². The monoisotopic (exact) mass is 397 g/mol. The second kappa shape index (κ2) is 8.07. The van der Waals surface area contributed by atoms with Gasteiger partial charge in [0.05, 0.1) is 11.0 Å². The number of imidazole rings is 1. The Morgan fingerprint density at radius 1 is 1.14 bits per heavy atom. The lowest BCUT2D eigenvalue weighted by Crippen LogP contribution is -2.49. The average molecular weight is 397 g/mol. The number of benzene rings is 1. The molecular formula is C18H22F3N5O2. The third-order valence-corrected chi connectivity index (χ3v) is 4.67. The Morgan fingerprint density at radius 2 is 1.82 bits per heavy atom. The van der Waals surface area contributed by atoms with Gasteiger partial charge in [-0.2, -0.15) is 13.2 Å². The Balaban J connectivity index is 1.78. The molecule has 0 aliphatic carbocycles. The van der Waals surface area contributed by atoms with Crippen LogP contribution in [0.2, 0.25) is 0 Å². The third-order valence-electron chi connectivity index (χ3n) is 4.67. The number of halogens is 3. The first-order chi connectivity index (χ1) is 13.3. The maximum Gasteiger partial charge on any atom is 0.389 e. The summed E-state index contributed by atoms with van der Waals surface area (Å²) in [5.74, 6) is 0.424. The van der Waals surface area contributed by atoms with Crippen molar-refractivity contribution in [3.8, 4) is 0 Å². The molecule has 152 valence electrons. The van der Waals surface area contributed by atoms with Crippen LogP contribution in [0.25, 0.3) is 11.0 Å². The summed E-state index contributed by atoms with van der Waals surface area (Å²) in [6, 6.07) is 6.58. The molecule has 1 saturated heterocycles. The van der Waals surface area contributed by atoms with Crippen molar-refractivity contribution >= 4 is 28.9 Å². The highest BCUT2D eigenvalue weighted by Crippen LogP contribution is 2.24. The molecule has 10 heteroatoms. The van der Waals surface area contributed by atoms with Crippen LogP contribution in [0.3, 0.4) is 0 Å². The van der Waals surface area contributed by atoms with Crippen LogP contribution in [0, 0.1) is 0 Å². The van der Waals surface area contributed by atoms with Crippen molar-refractivity contribution in [2.45, 2.75) is 25.9 Å². The van der Waals surface area contributed by atoms with Gasteiger partial charge in [0.15, 0.2) is 0 Å². The number of para-hydroxylation sites is 2. The minimum absolute atomic E-state index is 0.00411. The first kappa shape index (κ1) is 20.0. The highest BCUT2D eigenvalue weighted by molar-refractivity contribution is 5.93. The predicted octanol–water partition coefficient (Wildman–Crippen LogP) is 2.61. The predicted molar refractivity (Wildman–Crippen MR) is 98.3 cm³/mol. The zero-order chi connectivity index (χ0) is 20.3. The second-order valence-corrected chi connectivity index (χ2v) is 6.68. The van der Waals surface area contributed by atoms with Gasteiger partial charge in [0.2, 0.25) is 11.9 Å². The number of amides is 2. The number of carbonyl (C=O) groups is 2. The van der Waals surface area contributed by atoms with Crippen LogP contribution in [0.15, 0.2) is 24.3 Å². The smallest absolute Gasteiger partial charge is 0.339 e. The Hall–Kier alpha value is -2.78. The van der Waals surface area contributed by atoms with Gasteiger partial charge in [-0.25, -0.2) is 14.3 Å². The SMILES string of the molecule is CC(=O)N1CCN(c2nc3ccccc3n2C(=O)NCCCC(F)(F)F)CC1. The van der Waals surface area contributed by atoms with Crippen LogP contribution < -0.4 is 10.2 Å². The van der Waals surface area contributed by atoms with Gasteiger partial charge in [0.25, 0.3) is 0 Å². The van der Waals surface area contributed by atoms with E-state index in [9.17, 15) is 22.8 Å². The van der Waals surface area contributed by atoms with Gasteiger partial charge in [-0.05, 0) is 18.6 Å². The Bertz CT molecular complexity index is 857. The molecule has 0 unspecified atom stereocenters. The maximum absolute atomic E-state index is 12.7. The minimum Gasteiger partial charge on any atom is -0.339 e. The average Bonchev–Trinajstić information content (AvgIpc) is 3.04. The van der Waals surface area contributed by atoms with E-state index < -0.39 is 18.6 Å². The molecule has 28 heavy (non-hydrogen) atoms. The van der Waals surface area contributed by atoms with Crippen molar-refractivity contribution in [1.29, 1.82) is 0 Å². The number of nitrogens with one attached hydrogen (secondary N) is 1. The normalized spacial score (nSPS) is 15.1. The molecule has 2 heterocycles. The van der Waals surface area contributed by atoms with Gasteiger partial charge in [-0.3, -0.25) is 4.79 Å². The van der Waals surface area contributed by atoms with Crippen molar-refractivity contribution in [2.75, 3.05) is 37.6 Å². The fourth-order valence-corrected chi connectivity index (χ4v) is 3.21. The van der Waals surface area contributed by atoms with Crippen LogP contribution in [0.1, 0.15) is 19.8 Å². The van der Waals surface area contributed by atoms with Crippen molar-refractivity contribution in [1.82, 2.24) is 19.8 Å². The molecule has 0 spiro atoms. The molecule has 1 aromatic heterocycles. The summed E-state index contributed by atoms with van der Waals surface area (Å²) in [6.45, 7) is 3.51. The molecule has 1 N–H and O–H groups in total. The Labute approximate surface area is 160 Å². The Morgan fingerprint density at radius 3 is 2.46 bits per heavy atom. The van der Waals surface area contributed by atoms with E-state index in [1.54, 1.807) is 29.2 Å². The van der Waals surface area contributed by atoms with Gasteiger partial charge in [-0.1, -0.05) is 12.1 Å². The summed E-state index contributed by atoms with van der Waals surface area (Å²) in [7, 11) is 0. The number of anilines is 1. The molecule has 0 atom stereocenters. The van der Waals surface area contributed by atoms with E-state index in [1.807, 2.05) is 4.90 Å². The summed E-state index contributed by atoms with van der Waals surface area (Å²) >= 11 is 0. The highest BCUT2D eigenvalue weighted by Gasteiger charge is 2.27. The number of hydrogen-bond donors (Lipinski definition) is 1. The summed E-state index contributed by atoms with van der Waals surface area (Å²) in [6.07, 6.45) is -5.37. The molecule has 1 aliphatic rings. The van der Waals surface area contributed by atoms with Crippen molar-refractivity contribution < 1.29 is 22.8 Å². The van der Waals surface area contributed by atoms with Crippen molar-refractivity contribution in [3.05, 3.63) is 24.3 Å². The zero-order valence-corrected chi connectivity index (χ0v) is 15.5. The molecule has 0 radical (unpaired) electrons. The van der Waals surface area contributed by atoms with Crippen LogP contribution in [0.5, 0.6) is 0 Å². The molecule has 1 fully saturated rings. The van der Waals surface area contributed by atoms with E-state index >= 15 is 0 Å². The van der Waals surface area contributed by atoms with E-state index in [-0.39, 0.29) is 18.9 Å². The zero-order valence-electron chi connectivity index (χ0n) is 15.5. The number of carbonyl (C=O) groups excluding carboxylic acids is 2. The van der Waals surface area contributed by atoms with Crippen molar-refractivity contribution in [2.24, 2.45) is 0 Å². The fourth-order valence-electron chi connectivity index (χ4n) is 3.21. The van der Waals surface area contributed by atoms with E-state index in [2.05, 4.69) is 10.3 Å². The summed E-state index contributed by atoms with van der Waals surface area (Å²) in [5, 5.41) is 2.55. The number of fused-ring (bicyclic) bond motifs is 1. The molecule has 0 saturated carbocycles. The van der Waals surface area contributed by atoms with E-state index in [4.69, 9.17) is 0 Å². The van der Waals surface area contributed by atoms with Gasteiger partial charge in [0, 0.05) is 46.1 Å². The number of rotatable bonds is 4. The minimum atomic E-state index is -4.24. The van der Waals surface area contributed by atoms with Gasteiger partial charge in [0.1, 0.15) is 0 Å². The molecule has 1 aliphatic heterocycles. The number of aromatic nitrogens is 2. The first-order valence-corrected chi connectivity index (χ1v) is 9.09.